The minimum atomic E-state index is 0.499. The number of hydrogen-bond acceptors (Lipinski definition) is 4. The van der Waals surface area contributed by atoms with Crippen LogP contribution in [0.5, 0.6) is 0 Å². The molecule has 0 spiro atoms. The summed E-state index contributed by atoms with van der Waals surface area (Å²) in [5.74, 6) is 1.28. The maximum Gasteiger partial charge on any atom is 0.131 e. The first-order valence-electron chi connectivity index (χ1n) is 5.34. The van der Waals surface area contributed by atoms with E-state index < -0.39 is 0 Å². The van der Waals surface area contributed by atoms with Crippen molar-refractivity contribution in [1.29, 1.82) is 0 Å². The van der Waals surface area contributed by atoms with E-state index in [9.17, 15) is 0 Å². The van der Waals surface area contributed by atoms with Crippen molar-refractivity contribution >= 4 is 5.82 Å². The Bertz CT molecular complexity index is 468. The second-order valence-corrected chi connectivity index (χ2v) is 3.56. The van der Waals surface area contributed by atoms with Gasteiger partial charge < -0.3 is 5.73 Å². The molecule has 2 rings (SSSR count). The van der Waals surface area contributed by atoms with Crippen LogP contribution in [0.2, 0.25) is 0 Å². The first-order valence-corrected chi connectivity index (χ1v) is 5.34. The van der Waals surface area contributed by atoms with Crippen molar-refractivity contribution in [1.82, 2.24) is 15.0 Å². The highest BCUT2D eigenvalue weighted by Gasteiger charge is 2.04. The van der Waals surface area contributed by atoms with E-state index in [4.69, 9.17) is 5.73 Å². The van der Waals surface area contributed by atoms with Gasteiger partial charge in [0.05, 0.1) is 11.4 Å². The lowest BCUT2D eigenvalue weighted by Gasteiger charge is -2.04. The van der Waals surface area contributed by atoms with Crippen LogP contribution < -0.4 is 5.73 Å². The molecule has 0 radical (unpaired) electrons. The fourth-order valence-electron chi connectivity index (χ4n) is 1.50. The second kappa shape index (κ2) is 4.70. The SMILES string of the molecule is CCCc1nc(N)cc(-c2ccccn2)n1. The maximum absolute atomic E-state index is 5.75. The molecule has 2 N–H and O–H groups in total. The number of nitrogens with two attached hydrogens (primary N) is 1. The van der Waals surface area contributed by atoms with Gasteiger partial charge in [-0.15, -0.1) is 0 Å². The molecule has 0 saturated heterocycles. The highest BCUT2D eigenvalue weighted by Crippen LogP contribution is 2.16. The van der Waals surface area contributed by atoms with E-state index in [0.717, 1.165) is 30.1 Å². The van der Waals surface area contributed by atoms with Gasteiger partial charge in [0.1, 0.15) is 11.6 Å². The molecule has 0 aliphatic rings. The van der Waals surface area contributed by atoms with Gasteiger partial charge in [-0.25, -0.2) is 9.97 Å². The second-order valence-electron chi connectivity index (χ2n) is 3.56. The third-order valence-corrected chi connectivity index (χ3v) is 2.19. The number of aromatic nitrogens is 3. The largest absolute Gasteiger partial charge is 0.384 e. The number of nitrogen functional groups attached to an aromatic ring is 1. The van der Waals surface area contributed by atoms with Crippen LogP contribution in [-0.2, 0) is 6.42 Å². The lowest BCUT2D eigenvalue weighted by atomic mass is 10.2. The van der Waals surface area contributed by atoms with E-state index >= 15 is 0 Å². The predicted molar refractivity (Wildman–Crippen MR) is 63.7 cm³/mol. The van der Waals surface area contributed by atoms with Crippen molar-refractivity contribution in [2.75, 3.05) is 5.73 Å². The molecule has 2 aromatic heterocycles. The van der Waals surface area contributed by atoms with E-state index in [1.165, 1.54) is 0 Å². The smallest absolute Gasteiger partial charge is 0.131 e. The minimum absolute atomic E-state index is 0.499. The van der Waals surface area contributed by atoms with Crippen molar-refractivity contribution in [3.8, 4) is 11.4 Å². The van der Waals surface area contributed by atoms with Crippen molar-refractivity contribution in [3.05, 3.63) is 36.3 Å². The molecule has 4 heteroatoms. The Hall–Kier alpha value is -1.97. The molecule has 0 aromatic carbocycles. The molecule has 16 heavy (non-hydrogen) atoms. The molecule has 0 amide bonds. The molecular formula is C12H14N4. The van der Waals surface area contributed by atoms with Crippen LogP contribution in [0.3, 0.4) is 0 Å². The fraction of sp³-hybridized carbons (Fsp3) is 0.250. The normalized spacial score (nSPS) is 10.3. The summed E-state index contributed by atoms with van der Waals surface area (Å²) in [6.07, 6.45) is 3.59. The lowest BCUT2D eigenvalue weighted by Crippen LogP contribution is -2.01. The quantitative estimate of drug-likeness (QED) is 0.849. The van der Waals surface area contributed by atoms with Crippen molar-refractivity contribution in [2.45, 2.75) is 19.8 Å². The highest BCUT2D eigenvalue weighted by molar-refractivity contribution is 5.57. The van der Waals surface area contributed by atoms with Crippen molar-refractivity contribution < 1.29 is 0 Å². The Balaban J connectivity index is 2.41. The van der Waals surface area contributed by atoms with Crippen LogP contribution in [0.1, 0.15) is 19.2 Å². The number of pyridine rings is 1. The summed E-state index contributed by atoms with van der Waals surface area (Å²) in [4.78, 5) is 12.9. The summed E-state index contributed by atoms with van der Waals surface area (Å²) in [7, 11) is 0. The molecule has 0 bridgehead atoms. The Morgan fingerprint density at radius 1 is 1.19 bits per heavy atom. The summed E-state index contributed by atoms with van der Waals surface area (Å²) >= 11 is 0. The predicted octanol–water partition coefficient (Wildman–Crippen LogP) is 2.07. The van der Waals surface area contributed by atoms with Crippen LogP contribution in [0.4, 0.5) is 5.82 Å². The molecule has 2 aromatic rings. The third-order valence-electron chi connectivity index (χ3n) is 2.19. The van der Waals surface area contributed by atoms with E-state index in [0.29, 0.717) is 5.82 Å². The summed E-state index contributed by atoms with van der Waals surface area (Å²) in [5.41, 5.74) is 7.36. The molecule has 0 atom stereocenters. The van der Waals surface area contributed by atoms with Gasteiger partial charge in [-0.2, -0.15) is 0 Å². The highest BCUT2D eigenvalue weighted by atomic mass is 15.0. The Morgan fingerprint density at radius 2 is 2.06 bits per heavy atom. The van der Waals surface area contributed by atoms with Crippen molar-refractivity contribution in [3.63, 3.8) is 0 Å². The summed E-state index contributed by atoms with van der Waals surface area (Å²) in [6.45, 7) is 2.09. The summed E-state index contributed by atoms with van der Waals surface area (Å²) in [5, 5.41) is 0. The Morgan fingerprint density at radius 3 is 2.75 bits per heavy atom. The van der Waals surface area contributed by atoms with Crippen LogP contribution in [-0.4, -0.2) is 15.0 Å². The van der Waals surface area contributed by atoms with Crippen LogP contribution in [0, 0.1) is 0 Å². The lowest BCUT2D eigenvalue weighted by molar-refractivity contribution is 0.838. The molecule has 0 unspecified atom stereocenters. The summed E-state index contributed by atoms with van der Waals surface area (Å²) in [6, 6.07) is 7.47. The molecule has 4 nitrogen and oxygen atoms in total. The fourth-order valence-corrected chi connectivity index (χ4v) is 1.50. The van der Waals surface area contributed by atoms with Gasteiger partial charge in [0, 0.05) is 18.7 Å². The van der Waals surface area contributed by atoms with Gasteiger partial charge in [-0.3, -0.25) is 4.98 Å². The third kappa shape index (κ3) is 2.34. The number of anilines is 1. The molecule has 0 saturated carbocycles. The number of hydrogen-bond donors (Lipinski definition) is 1. The Kier molecular flexibility index (Phi) is 3.10. The average Bonchev–Trinajstić information content (AvgIpc) is 2.30. The first kappa shape index (κ1) is 10.5. The standard InChI is InChI=1S/C12H14N4/c1-2-5-12-15-10(8-11(13)16-12)9-6-3-4-7-14-9/h3-4,6-8H,2,5H2,1H3,(H2,13,15,16). The van der Waals surface area contributed by atoms with Crippen LogP contribution in [0.25, 0.3) is 11.4 Å². The first-order chi connectivity index (χ1) is 7.79. The zero-order valence-corrected chi connectivity index (χ0v) is 9.22. The maximum atomic E-state index is 5.75. The monoisotopic (exact) mass is 214 g/mol. The Labute approximate surface area is 94.6 Å². The van der Waals surface area contributed by atoms with Gasteiger partial charge in [0.25, 0.3) is 0 Å². The van der Waals surface area contributed by atoms with Gasteiger partial charge in [0.2, 0.25) is 0 Å². The summed E-state index contributed by atoms with van der Waals surface area (Å²) < 4.78 is 0. The van der Waals surface area contributed by atoms with E-state index in [1.54, 1.807) is 12.3 Å². The topological polar surface area (TPSA) is 64.7 Å². The number of aryl methyl sites for hydroxylation is 1. The number of nitrogens with zero attached hydrogens (tertiary/aromatic N) is 3. The van der Waals surface area contributed by atoms with Gasteiger partial charge in [-0.05, 0) is 18.6 Å². The van der Waals surface area contributed by atoms with Crippen LogP contribution >= 0.6 is 0 Å². The average molecular weight is 214 g/mol. The van der Waals surface area contributed by atoms with Gasteiger partial charge in [0.15, 0.2) is 0 Å². The van der Waals surface area contributed by atoms with E-state index in [1.807, 2.05) is 18.2 Å². The minimum Gasteiger partial charge on any atom is -0.384 e. The van der Waals surface area contributed by atoms with Crippen LogP contribution in [0.15, 0.2) is 30.5 Å². The number of rotatable bonds is 3. The molecule has 2 heterocycles. The molecule has 0 fully saturated rings. The zero-order chi connectivity index (χ0) is 11.4. The molecule has 0 aliphatic carbocycles. The van der Waals surface area contributed by atoms with E-state index in [-0.39, 0.29) is 0 Å². The van der Waals surface area contributed by atoms with Gasteiger partial charge in [-0.1, -0.05) is 13.0 Å². The van der Waals surface area contributed by atoms with Gasteiger partial charge >= 0.3 is 0 Å². The van der Waals surface area contributed by atoms with E-state index in [2.05, 4.69) is 21.9 Å². The molecule has 0 aliphatic heterocycles. The zero-order valence-electron chi connectivity index (χ0n) is 9.22. The van der Waals surface area contributed by atoms with Crippen molar-refractivity contribution in [2.24, 2.45) is 0 Å². The molecular weight excluding hydrogens is 200 g/mol. The molecule has 82 valence electrons.